The van der Waals surface area contributed by atoms with Crippen LogP contribution < -0.4 is 5.73 Å². The molecule has 2 fully saturated rings. The number of nitrogens with two attached hydrogens (primary N) is 1. The van der Waals surface area contributed by atoms with Gasteiger partial charge >= 0.3 is 0 Å². The van der Waals surface area contributed by atoms with Crippen LogP contribution in [0.1, 0.15) is 39.0 Å². The Kier molecular flexibility index (Phi) is 4.83. The number of hydrogen-bond donors (Lipinski definition) is 1. The van der Waals surface area contributed by atoms with E-state index in [0.29, 0.717) is 18.1 Å². The maximum absolute atomic E-state index is 5.96. The molecule has 1 saturated carbocycles. The number of nitrogens with zero attached hydrogens (tertiary/aromatic N) is 1. The summed E-state index contributed by atoms with van der Waals surface area (Å²) >= 11 is 0. The fourth-order valence-electron chi connectivity index (χ4n) is 3.60. The normalized spacial score (nSPS) is 40.4. The molecule has 1 heterocycles. The van der Waals surface area contributed by atoms with Gasteiger partial charge in [0.15, 0.2) is 0 Å². The summed E-state index contributed by atoms with van der Waals surface area (Å²) in [5.74, 6) is 1.58. The zero-order chi connectivity index (χ0) is 12.3. The standard InChI is InChI=1S/C14H28N2O/c1-11-5-6-12(9-15)14(8-11)16-7-3-4-13(10-16)17-2/h11-14H,3-10,15H2,1-2H3. The van der Waals surface area contributed by atoms with Crippen LogP contribution in [0.4, 0.5) is 0 Å². The number of piperidine rings is 1. The van der Waals surface area contributed by atoms with Crippen LogP contribution in [-0.4, -0.2) is 43.8 Å². The summed E-state index contributed by atoms with van der Waals surface area (Å²) < 4.78 is 5.53. The molecular formula is C14H28N2O. The van der Waals surface area contributed by atoms with Crippen molar-refractivity contribution in [2.24, 2.45) is 17.6 Å². The maximum atomic E-state index is 5.96. The van der Waals surface area contributed by atoms with Crippen LogP contribution in [-0.2, 0) is 4.74 Å². The lowest BCUT2D eigenvalue weighted by molar-refractivity contribution is -0.0106. The van der Waals surface area contributed by atoms with Gasteiger partial charge in [0.1, 0.15) is 0 Å². The van der Waals surface area contributed by atoms with Crippen LogP contribution in [0, 0.1) is 11.8 Å². The highest BCUT2D eigenvalue weighted by Crippen LogP contribution is 2.33. The summed E-state index contributed by atoms with van der Waals surface area (Å²) in [4.78, 5) is 2.66. The van der Waals surface area contributed by atoms with E-state index in [4.69, 9.17) is 10.5 Å². The number of methoxy groups -OCH3 is 1. The van der Waals surface area contributed by atoms with E-state index < -0.39 is 0 Å². The van der Waals surface area contributed by atoms with Crippen molar-refractivity contribution in [3.8, 4) is 0 Å². The zero-order valence-corrected chi connectivity index (χ0v) is 11.4. The third kappa shape index (κ3) is 3.21. The van der Waals surface area contributed by atoms with Crippen molar-refractivity contribution in [3.05, 3.63) is 0 Å². The highest BCUT2D eigenvalue weighted by atomic mass is 16.5. The van der Waals surface area contributed by atoms with E-state index in [2.05, 4.69) is 11.8 Å². The first-order valence-electron chi connectivity index (χ1n) is 7.21. The third-order valence-electron chi connectivity index (χ3n) is 4.73. The average molecular weight is 240 g/mol. The van der Waals surface area contributed by atoms with Gasteiger partial charge in [0.25, 0.3) is 0 Å². The van der Waals surface area contributed by atoms with Crippen LogP contribution in [0.15, 0.2) is 0 Å². The minimum absolute atomic E-state index is 0.444. The number of ether oxygens (including phenoxy) is 1. The van der Waals surface area contributed by atoms with Crippen molar-refractivity contribution < 1.29 is 4.74 Å². The average Bonchev–Trinajstić information content (AvgIpc) is 2.39. The zero-order valence-electron chi connectivity index (χ0n) is 11.4. The van der Waals surface area contributed by atoms with Crippen molar-refractivity contribution in [1.82, 2.24) is 4.90 Å². The topological polar surface area (TPSA) is 38.5 Å². The quantitative estimate of drug-likeness (QED) is 0.818. The molecule has 100 valence electrons. The van der Waals surface area contributed by atoms with Gasteiger partial charge in [-0.1, -0.05) is 13.3 Å². The lowest BCUT2D eigenvalue weighted by Gasteiger charge is -2.45. The van der Waals surface area contributed by atoms with Crippen molar-refractivity contribution in [3.63, 3.8) is 0 Å². The first kappa shape index (κ1) is 13.3. The third-order valence-corrected chi connectivity index (χ3v) is 4.73. The minimum atomic E-state index is 0.444. The highest BCUT2D eigenvalue weighted by molar-refractivity contribution is 4.89. The fraction of sp³-hybridized carbons (Fsp3) is 1.00. The second-order valence-electron chi connectivity index (χ2n) is 5.98. The first-order chi connectivity index (χ1) is 8.24. The van der Waals surface area contributed by atoms with Crippen LogP contribution >= 0.6 is 0 Å². The van der Waals surface area contributed by atoms with Crippen molar-refractivity contribution >= 4 is 0 Å². The van der Waals surface area contributed by atoms with E-state index in [1.54, 1.807) is 0 Å². The molecule has 0 radical (unpaired) electrons. The second kappa shape index (κ2) is 6.17. The number of hydrogen-bond acceptors (Lipinski definition) is 3. The molecule has 0 aromatic rings. The monoisotopic (exact) mass is 240 g/mol. The Balaban J connectivity index is 1.97. The summed E-state index contributed by atoms with van der Waals surface area (Å²) in [5.41, 5.74) is 5.96. The Morgan fingerprint density at radius 2 is 2.12 bits per heavy atom. The Morgan fingerprint density at radius 1 is 1.29 bits per heavy atom. The van der Waals surface area contributed by atoms with Crippen LogP contribution in [0.2, 0.25) is 0 Å². The van der Waals surface area contributed by atoms with Gasteiger partial charge in [-0.3, -0.25) is 4.90 Å². The molecule has 0 aromatic carbocycles. The summed E-state index contributed by atoms with van der Waals surface area (Å²) in [6.45, 7) is 5.60. The lowest BCUT2D eigenvalue weighted by Crippen LogP contribution is -2.51. The molecule has 2 rings (SSSR count). The number of rotatable bonds is 3. The Bertz CT molecular complexity index is 234. The summed E-state index contributed by atoms with van der Waals surface area (Å²) in [6.07, 6.45) is 6.96. The Morgan fingerprint density at radius 3 is 2.82 bits per heavy atom. The van der Waals surface area contributed by atoms with Gasteiger partial charge in [0.2, 0.25) is 0 Å². The molecule has 4 atom stereocenters. The van der Waals surface area contributed by atoms with Gasteiger partial charge < -0.3 is 10.5 Å². The molecule has 0 spiro atoms. The molecule has 1 aliphatic carbocycles. The molecule has 0 amide bonds. The minimum Gasteiger partial charge on any atom is -0.380 e. The number of likely N-dealkylation sites (tertiary alicyclic amines) is 1. The van der Waals surface area contributed by atoms with Crippen LogP contribution in [0.5, 0.6) is 0 Å². The predicted octanol–water partition coefficient (Wildman–Crippen LogP) is 1.86. The van der Waals surface area contributed by atoms with E-state index in [-0.39, 0.29) is 0 Å². The van der Waals surface area contributed by atoms with Crippen LogP contribution in [0.3, 0.4) is 0 Å². The Labute approximate surface area is 106 Å². The second-order valence-corrected chi connectivity index (χ2v) is 5.98. The SMILES string of the molecule is COC1CCCN(C2CC(C)CCC2CN)C1. The maximum Gasteiger partial charge on any atom is 0.0698 e. The molecule has 3 heteroatoms. The van der Waals surface area contributed by atoms with Crippen molar-refractivity contribution in [1.29, 1.82) is 0 Å². The Hall–Kier alpha value is -0.120. The molecular weight excluding hydrogens is 212 g/mol. The van der Waals surface area contributed by atoms with E-state index in [9.17, 15) is 0 Å². The lowest BCUT2D eigenvalue weighted by atomic mass is 9.77. The highest BCUT2D eigenvalue weighted by Gasteiger charge is 2.34. The summed E-state index contributed by atoms with van der Waals surface area (Å²) in [7, 11) is 1.85. The molecule has 1 aliphatic heterocycles. The predicted molar refractivity (Wildman–Crippen MR) is 71.0 cm³/mol. The van der Waals surface area contributed by atoms with Crippen molar-refractivity contribution in [2.45, 2.75) is 51.2 Å². The van der Waals surface area contributed by atoms with Crippen LogP contribution in [0.25, 0.3) is 0 Å². The van der Waals surface area contributed by atoms with Gasteiger partial charge in [0.05, 0.1) is 6.10 Å². The smallest absolute Gasteiger partial charge is 0.0698 e. The molecule has 0 bridgehead atoms. The van der Waals surface area contributed by atoms with E-state index in [1.165, 1.54) is 38.6 Å². The van der Waals surface area contributed by atoms with Gasteiger partial charge in [-0.15, -0.1) is 0 Å². The largest absolute Gasteiger partial charge is 0.380 e. The molecule has 17 heavy (non-hydrogen) atoms. The van der Waals surface area contributed by atoms with Gasteiger partial charge in [-0.25, -0.2) is 0 Å². The summed E-state index contributed by atoms with van der Waals surface area (Å²) in [5, 5.41) is 0. The van der Waals surface area contributed by atoms with E-state index in [1.807, 2.05) is 7.11 Å². The van der Waals surface area contributed by atoms with Gasteiger partial charge in [-0.2, -0.15) is 0 Å². The molecule has 4 unspecified atom stereocenters. The van der Waals surface area contributed by atoms with Gasteiger partial charge in [0, 0.05) is 19.7 Å². The molecule has 2 N–H and O–H groups in total. The van der Waals surface area contributed by atoms with E-state index >= 15 is 0 Å². The van der Waals surface area contributed by atoms with Crippen molar-refractivity contribution in [2.75, 3.05) is 26.7 Å². The first-order valence-corrected chi connectivity index (χ1v) is 7.21. The molecule has 3 nitrogen and oxygen atoms in total. The molecule has 2 aliphatic rings. The van der Waals surface area contributed by atoms with Gasteiger partial charge in [-0.05, 0) is 50.6 Å². The molecule has 0 aromatic heterocycles. The molecule has 1 saturated heterocycles. The fourth-order valence-corrected chi connectivity index (χ4v) is 3.60. The van der Waals surface area contributed by atoms with E-state index in [0.717, 1.165) is 19.0 Å². The summed E-state index contributed by atoms with van der Waals surface area (Å²) in [6, 6.07) is 0.710.